The van der Waals surface area contributed by atoms with Crippen LogP contribution in [-0.4, -0.2) is 44.4 Å². The van der Waals surface area contributed by atoms with Crippen LogP contribution in [0.15, 0.2) is 54.7 Å². The molecule has 4 aromatic rings. The summed E-state index contributed by atoms with van der Waals surface area (Å²) in [6.45, 7) is 7.23. The van der Waals surface area contributed by atoms with Gasteiger partial charge in [0.05, 0.1) is 40.8 Å². The number of aliphatic hydroxyl groups is 2. The summed E-state index contributed by atoms with van der Waals surface area (Å²) >= 11 is -1.52. The molecule has 0 aliphatic carbocycles. The molecule has 2 atom stereocenters. The maximum atomic E-state index is 12.8. The highest BCUT2D eigenvalue weighted by Crippen LogP contribution is 2.34. The van der Waals surface area contributed by atoms with Crippen molar-refractivity contribution < 1.29 is 19.9 Å². The molecule has 0 bridgehead atoms. The molecule has 4 rings (SSSR count). The lowest BCUT2D eigenvalue weighted by atomic mass is 10.0. The molecule has 190 valence electrons. The van der Waals surface area contributed by atoms with Gasteiger partial charge in [0.1, 0.15) is 10.5 Å². The van der Waals surface area contributed by atoms with E-state index in [0.717, 1.165) is 0 Å². The van der Waals surface area contributed by atoms with Crippen LogP contribution in [0, 0.1) is 0 Å². The van der Waals surface area contributed by atoms with E-state index in [1.807, 2.05) is 33.8 Å². The second-order valence-electron chi connectivity index (χ2n) is 9.63. The maximum absolute atomic E-state index is 12.8. The largest absolute Gasteiger partial charge is 0.598 e. The van der Waals surface area contributed by atoms with Gasteiger partial charge in [0.2, 0.25) is 0 Å². The first-order valence-corrected chi connectivity index (χ1v) is 12.9. The van der Waals surface area contributed by atoms with Crippen molar-refractivity contribution in [1.29, 1.82) is 0 Å². The van der Waals surface area contributed by atoms with Gasteiger partial charge in [-0.1, -0.05) is 25.5 Å². The van der Waals surface area contributed by atoms with E-state index >= 15 is 0 Å². The fourth-order valence-electron chi connectivity index (χ4n) is 3.84. The molecule has 36 heavy (non-hydrogen) atoms. The lowest BCUT2D eigenvalue weighted by Crippen LogP contribution is -2.51. The molecule has 0 aliphatic rings. The van der Waals surface area contributed by atoms with Crippen LogP contribution in [0.4, 0.5) is 0 Å². The van der Waals surface area contributed by atoms with Crippen LogP contribution >= 0.6 is 0 Å². The van der Waals surface area contributed by atoms with Crippen molar-refractivity contribution >= 4 is 22.3 Å². The van der Waals surface area contributed by atoms with E-state index in [1.54, 1.807) is 53.3 Å². The Morgan fingerprint density at radius 1 is 1.08 bits per heavy atom. The number of pyridine rings is 2. The summed E-state index contributed by atoms with van der Waals surface area (Å²) in [6, 6.07) is 13.9. The molecule has 0 amide bonds. The van der Waals surface area contributed by atoms with Gasteiger partial charge in [0, 0.05) is 16.9 Å². The van der Waals surface area contributed by atoms with Gasteiger partial charge in [-0.15, -0.1) is 4.72 Å². The molecule has 9 nitrogen and oxygen atoms in total. The van der Waals surface area contributed by atoms with Gasteiger partial charge in [0.15, 0.2) is 11.5 Å². The molecule has 0 unspecified atom stereocenters. The van der Waals surface area contributed by atoms with Crippen LogP contribution in [0.1, 0.15) is 51.9 Å². The van der Waals surface area contributed by atoms with Crippen molar-refractivity contribution in [1.82, 2.24) is 24.5 Å². The summed E-state index contributed by atoms with van der Waals surface area (Å²) in [6.07, 6.45) is 2.51. The van der Waals surface area contributed by atoms with Crippen molar-refractivity contribution in [2.45, 2.75) is 57.6 Å². The van der Waals surface area contributed by atoms with E-state index < -0.39 is 21.8 Å². The average molecular weight is 510 g/mol. The molecular formula is C26H31N5O4S. The van der Waals surface area contributed by atoms with E-state index in [4.69, 9.17) is 4.98 Å². The predicted octanol–water partition coefficient (Wildman–Crippen LogP) is 3.68. The number of phenols is 1. The maximum Gasteiger partial charge on any atom is 0.200 e. The number of aromatic nitrogens is 4. The third-order valence-electron chi connectivity index (χ3n) is 5.74. The van der Waals surface area contributed by atoms with Gasteiger partial charge in [-0.05, 0) is 63.6 Å². The molecule has 0 aliphatic heterocycles. The highest BCUT2D eigenvalue weighted by atomic mass is 32.2. The van der Waals surface area contributed by atoms with Crippen molar-refractivity contribution in [3.05, 3.63) is 66.1 Å². The number of hydrogen-bond acceptors (Lipinski definition) is 8. The van der Waals surface area contributed by atoms with Crippen molar-refractivity contribution in [2.24, 2.45) is 0 Å². The second kappa shape index (κ2) is 10.2. The van der Waals surface area contributed by atoms with Gasteiger partial charge in [-0.25, -0.2) is 14.6 Å². The van der Waals surface area contributed by atoms with E-state index in [-0.39, 0.29) is 12.4 Å². The fraction of sp³-hybridized carbons (Fsp3) is 0.346. The zero-order chi connectivity index (χ0) is 26.1. The summed E-state index contributed by atoms with van der Waals surface area (Å²) < 4.78 is 16.7. The molecule has 10 heteroatoms. The van der Waals surface area contributed by atoms with Crippen molar-refractivity contribution in [3.8, 4) is 22.8 Å². The predicted molar refractivity (Wildman–Crippen MR) is 140 cm³/mol. The monoisotopic (exact) mass is 509 g/mol. The Bertz CT molecular complexity index is 1370. The highest BCUT2D eigenvalue weighted by Gasteiger charge is 2.39. The number of hydrogen-bond donors (Lipinski definition) is 4. The number of rotatable bonds is 8. The number of nitrogens with one attached hydrogen (secondary N) is 1. The molecule has 0 radical (unpaired) electrons. The summed E-state index contributed by atoms with van der Waals surface area (Å²) in [4.78, 5) is 9.11. The summed E-state index contributed by atoms with van der Waals surface area (Å²) in [5.74, 6) is 0.524. The van der Waals surface area contributed by atoms with Crippen LogP contribution in [0.25, 0.3) is 28.0 Å². The number of phenolic OH excluding ortho intramolecular Hbond substituents is 1. The summed E-state index contributed by atoms with van der Waals surface area (Å²) in [5, 5.41) is 36.6. The highest BCUT2D eigenvalue weighted by molar-refractivity contribution is 7.90. The number of aliphatic hydroxyl groups excluding tert-OH is 1. The van der Waals surface area contributed by atoms with Gasteiger partial charge < -0.3 is 19.9 Å². The molecule has 0 fully saturated rings. The van der Waals surface area contributed by atoms with Crippen LogP contribution in [-0.2, 0) is 23.7 Å². The number of aromatic hydroxyl groups is 1. The molecule has 3 heterocycles. The number of benzene rings is 1. The second-order valence-corrected chi connectivity index (χ2v) is 11.6. The average Bonchev–Trinajstić information content (AvgIpc) is 3.28. The SMILES string of the molecule is CCC[C@](O)(N[S@+]([O-])C(C)(C)C)c1cccc(-c2cc(O)c3cnn(-c4cccc(CO)n4)c3c2)n1. The minimum Gasteiger partial charge on any atom is -0.598 e. The number of nitrogens with zero attached hydrogens (tertiary/aromatic N) is 4. The quantitative estimate of drug-likeness (QED) is 0.208. The molecular weight excluding hydrogens is 478 g/mol. The Hall–Kier alpha value is -3.02. The topological polar surface area (TPSA) is 139 Å². The third-order valence-corrected chi connectivity index (χ3v) is 7.37. The Kier molecular flexibility index (Phi) is 7.35. The molecule has 4 N–H and O–H groups in total. The van der Waals surface area contributed by atoms with Crippen LogP contribution in [0.5, 0.6) is 5.75 Å². The molecule has 0 saturated heterocycles. The van der Waals surface area contributed by atoms with Crippen LogP contribution in [0.2, 0.25) is 0 Å². The molecule has 0 spiro atoms. The smallest absolute Gasteiger partial charge is 0.200 e. The summed E-state index contributed by atoms with van der Waals surface area (Å²) in [7, 11) is 0. The van der Waals surface area contributed by atoms with E-state index in [0.29, 0.717) is 52.2 Å². The Balaban J connectivity index is 1.78. The van der Waals surface area contributed by atoms with Crippen LogP contribution in [0.3, 0.4) is 0 Å². The zero-order valence-electron chi connectivity index (χ0n) is 20.8. The van der Waals surface area contributed by atoms with Gasteiger partial charge >= 0.3 is 0 Å². The third kappa shape index (κ3) is 5.23. The minimum absolute atomic E-state index is 0.0232. The van der Waals surface area contributed by atoms with E-state index in [2.05, 4.69) is 14.8 Å². The Labute approximate surface area is 213 Å². The molecule has 1 aromatic carbocycles. The fourth-order valence-corrected chi connectivity index (χ4v) is 4.66. The van der Waals surface area contributed by atoms with E-state index in [9.17, 15) is 19.9 Å². The lowest BCUT2D eigenvalue weighted by molar-refractivity contribution is 0.0101. The minimum atomic E-state index is -1.59. The molecule has 3 aromatic heterocycles. The lowest BCUT2D eigenvalue weighted by Gasteiger charge is -2.33. The van der Waals surface area contributed by atoms with Gasteiger partial charge in [-0.2, -0.15) is 5.10 Å². The number of fused-ring (bicyclic) bond motifs is 1. The first kappa shape index (κ1) is 26.1. The zero-order valence-corrected chi connectivity index (χ0v) is 21.6. The van der Waals surface area contributed by atoms with Crippen LogP contribution < -0.4 is 4.72 Å². The van der Waals surface area contributed by atoms with Gasteiger partial charge in [0.25, 0.3) is 0 Å². The molecule has 0 saturated carbocycles. The normalized spacial score (nSPS) is 14.6. The first-order valence-electron chi connectivity index (χ1n) is 11.7. The first-order chi connectivity index (χ1) is 17.1. The van der Waals surface area contributed by atoms with Gasteiger partial charge in [-0.3, -0.25) is 0 Å². The van der Waals surface area contributed by atoms with Crippen molar-refractivity contribution in [3.63, 3.8) is 0 Å². The Morgan fingerprint density at radius 3 is 2.53 bits per heavy atom. The van der Waals surface area contributed by atoms with E-state index in [1.165, 1.54) is 0 Å². The standard InChI is InChI=1S/C26H31N5O4S/c1-5-12-26(34,30-36(35)25(2,3)4)23-10-7-9-20(29-23)17-13-21-19(22(33)14-17)15-27-31(21)24-11-6-8-18(16-32)28-24/h6-11,13-15,30,32-34H,5,12,16H2,1-4H3/t26-,36-/m1/s1. The van der Waals surface area contributed by atoms with Crippen molar-refractivity contribution in [2.75, 3.05) is 0 Å². The summed E-state index contributed by atoms with van der Waals surface area (Å²) in [5.41, 5.74) is 0.984. The Morgan fingerprint density at radius 2 is 1.83 bits per heavy atom.